The Morgan fingerprint density at radius 1 is 1.29 bits per heavy atom. The number of aromatic hydroxyl groups is 1. The summed E-state index contributed by atoms with van der Waals surface area (Å²) in [5, 5.41) is 20.1. The number of phenolic OH excluding ortho intramolecular Hbond substituents is 1. The SMILES string of the molecule is N[C@H](c1cc(Br)cc(Br)c1O)[C@@H](O)C1CCC1. The van der Waals surface area contributed by atoms with Gasteiger partial charge in [-0.3, -0.25) is 0 Å². The molecule has 1 saturated carbocycles. The summed E-state index contributed by atoms with van der Waals surface area (Å²) in [7, 11) is 0. The molecule has 0 spiro atoms. The van der Waals surface area contributed by atoms with Gasteiger partial charge >= 0.3 is 0 Å². The van der Waals surface area contributed by atoms with E-state index >= 15 is 0 Å². The molecule has 0 saturated heterocycles. The molecule has 0 radical (unpaired) electrons. The van der Waals surface area contributed by atoms with E-state index in [1.165, 1.54) is 0 Å². The molecule has 0 unspecified atom stereocenters. The molecule has 2 rings (SSSR count). The third-order valence-corrected chi connectivity index (χ3v) is 4.48. The van der Waals surface area contributed by atoms with Crippen molar-refractivity contribution in [2.45, 2.75) is 31.4 Å². The quantitative estimate of drug-likeness (QED) is 0.772. The number of aliphatic hydroxyl groups is 1. The molecule has 0 heterocycles. The number of nitrogens with two attached hydrogens (primary N) is 1. The van der Waals surface area contributed by atoms with Gasteiger partial charge in [-0.15, -0.1) is 0 Å². The van der Waals surface area contributed by atoms with E-state index in [2.05, 4.69) is 31.9 Å². The average Bonchev–Trinajstić information content (AvgIpc) is 2.19. The second-order valence-corrected chi connectivity index (χ2v) is 6.30. The van der Waals surface area contributed by atoms with Crippen molar-refractivity contribution in [2.24, 2.45) is 11.7 Å². The summed E-state index contributed by atoms with van der Waals surface area (Å²) in [6, 6.07) is 2.96. The van der Waals surface area contributed by atoms with Crippen LogP contribution in [0.15, 0.2) is 21.1 Å². The van der Waals surface area contributed by atoms with Crippen LogP contribution in [0.25, 0.3) is 0 Å². The molecule has 94 valence electrons. The van der Waals surface area contributed by atoms with E-state index in [1.54, 1.807) is 12.1 Å². The molecular formula is C12H15Br2NO2. The predicted octanol–water partition coefficient (Wildman–Crippen LogP) is 3.08. The highest BCUT2D eigenvalue weighted by Crippen LogP contribution is 2.39. The highest BCUT2D eigenvalue weighted by Gasteiger charge is 2.32. The lowest BCUT2D eigenvalue weighted by atomic mass is 9.77. The van der Waals surface area contributed by atoms with Crippen LogP contribution in [0.4, 0.5) is 0 Å². The zero-order chi connectivity index (χ0) is 12.6. The van der Waals surface area contributed by atoms with E-state index in [-0.39, 0.29) is 11.7 Å². The van der Waals surface area contributed by atoms with Crippen LogP contribution >= 0.6 is 31.9 Å². The van der Waals surface area contributed by atoms with Gasteiger partial charge in [0.25, 0.3) is 0 Å². The number of hydrogen-bond donors (Lipinski definition) is 3. The van der Waals surface area contributed by atoms with Crippen LogP contribution in [0.1, 0.15) is 30.9 Å². The lowest BCUT2D eigenvalue weighted by Crippen LogP contribution is -2.36. The van der Waals surface area contributed by atoms with Crippen LogP contribution in [-0.4, -0.2) is 16.3 Å². The smallest absolute Gasteiger partial charge is 0.134 e. The van der Waals surface area contributed by atoms with Crippen molar-refractivity contribution in [1.82, 2.24) is 0 Å². The Balaban J connectivity index is 2.26. The lowest BCUT2D eigenvalue weighted by Gasteiger charge is -2.34. The van der Waals surface area contributed by atoms with Gasteiger partial charge in [0, 0.05) is 10.0 Å². The van der Waals surface area contributed by atoms with Gasteiger partial charge in [-0.2, -0.15) is 0 Å². The molecule has 17 heavy (non-hydrogen) atoms. The van der Waals surface area contributed by atoms with E-state index in [1.807, 2.05) is 0 Å². The van der Waals surface area contributed by atoms with Crippen molar-refractivity contribution < 1.29 is 10.2 Å². The van der Waals surface area contributed by atoms with E-state index < -0.39 is 12.1 Å². The molecular weight excluding hydrogens is 350 g/mol. The third kappa shape index (κ3) is 2.67. The summed E-state index contributed by atoms with van der Waals surface area (Å²) in [6.07, 6.45) is 2.61. The van der Waals surface area contributed by atoms with E-state index in [9.17, 15) is 10.2 Å². The van der Waals surface area contributed by atoms with Gasteiger partial charge in [-0.05, 0) is 46.8 Å². The molecule has 3 nitrogen and oxygen atoms in total. The number of hydrogen-bond acceptors (Lipinski definition) is 3. The molecule has 5 heteroatoms. The first-order chi connectivity index (χ1) is 8.00. The largest absolute Gasteiger partial charge is 0.506 e. The van der Waals surface area contributed by atoms with Gasteiger partial charge in [0.1, 0.15) is 5.75 Å². The van der Waals surface area contributed by atoms with Crippen molar-refractivity contribution >= 4 is 31.9 Å². The molecule has 1 aliphatic rings. The standard InChI is InChI=1S/C12H15Br2NO2/c13-7-4-8(12(17)9(14)5-7)10(15)11(16)6-2-1-3-6/h4-6,10-11,16-17H,1-3,15H2/t10-,11+/m1/s1. The summed E-state index contributed by atoms with van der Waals surface area (Å²) in [6.45, 7) is 0. The van der Waals surface area contributed by atoms with Gasteiger partial charge in [0.2, 0.25) is 0 Å². The molecule has 0 bridgehead atoms. The molecule has 0 aliphatic heterocycles. The first-order valence-corrected chi connectivity index (χ1v) is 7.21. The van der Waals surface area contributed by atoms with Crippen molar-refractivity contribution in [3.05, 3.63) is 26.6 Å². The number of aliphatic hydroxyl groups excluding tert-OH is 1. The summed E-state index contributed by atoms with van der Waals surface area (Å²) in [5.41, 5.74) is 6.61. The van der Waals surface area contributed by atoms with Crippen molar-refractivity contribution in [3.8, 4) is 5.75 Å². The summed E-state index contributed by atoms with van der Waals surface area (Å²) in [5.74, 6) is 0.376. The first kappa shape index (κ1) is 13.3. The fourth-order valence-corrected chi connectivity index (χ4v) is 3.36. The van der Waals surface area contributed by atoms with Crippen molar-refractivity contribution in [2.75, 3.05) is 0 Å². The zero-order valence-corrected chi connectivity index (χ0v) is 12.4. The normalized spacial score (nSPS) is 19.8. The van der Waals surface area contributed by atoms with E-state index in [0.29, 0.717) is 10.0 Å². The minimum Gasteiger partial charge on any atom is -0.506 e. The van der Waals surface area contributed by atoms with Gasteiger partial charge in [0.05, 0.1) is 16.6 Å². The second-order valence-electron chi connectivity index (χ2n) is 4.53. The molecule has 0 aromatic heterocycles. The van der Waals surface area contributed by atoms with Crippen LogP contribution in [0.2, 0.25) is 0 Å². The van der Waals surface area contributed by atoms with Gasteiger partial charge < -0.3 is 15.9 Å². The summed E-state index contributed by atoms with van der Waals surface area (Å²) in [4.78, 5) is 0. The minimum absolute atomic E-state index is 0.110. The molecule has 1 aromatic rings. The van der Waals surface area contributed by atoms with Gasteiger partial charge in [-0.1, -0.05) is 22.4 Å². The van der Waals surface area contributed by atoms with E-state index in [4.69, 9.17) is 5.73 Å². The average molecular weight is 365 g/mol. The Morgan fingerprint density at radius 2 is 1.94 bits per heavy atom. The second kappa shape index (κ2) is 5.26. The van der Waals surface area contributed by atoms with Crippen LogP contribution in [0, 0.1) is 5.92 Å². The van der Waals surface area contributed by atoms with Crippen LogP contribution in [0.3, 0.4) is 0 Å². The molecule has 1 aromatic carbocycles. The lowest BCUT2D eigenvalue weighted by molar-refractivity contribution is 0.0407. The van der Waals surface area contributed by atoms with Gasteiger partial charge in [-0.25, -0.2) is 0 Å². The maximum atomic E-state index is 10.1. The van der Waals surface area contributed by atoms with Crippen molar-refractivity contribution in [3.63, 3.8) is 0 Å². The Morgan fingerprint density at radius 3 is 2.47 bits per heavy atom. The molecule has 1 fully saturated rings. The predicted molar refractivity (Wildman–Crippen MR) is 73.8 cm³/mol. The highest BCUT2D eigenvalue weighted by molar-refractivity contribution is 9.11. The minimum atomic E-state index is -0.587. The maximum absolute atomic E-state index is 10.1. The summed E-state index contributed by atoms with van der Waals surface area (Å²) < 4.78 is 1.41. The fraction of sp³-hybridized carbons (Fsp3) is 0.500. The van der Waals surface area contributed by atoms with Crippen LogP contribution in [-0.2, 0) is 0 Å². The number of rotatable bonds is 3. The number of halogens is 2. The Kier molecular flexibility index (Phi) is 4.13. The summed E-state index contributed by atoms with van der Waals surface area (Å²) >= 11 is 6.62. The third-order valence-electron chi connectivity index (χ3n) is 3.42. The van der Waals surface area contributed by atoms with Crippen molar-refractivity contribution in [1.29, 1.82) is 0 Å². The fourth-order valence-electron chi connectivity index (χ4n) is 2.10. The highest BCUT2D eigenvalue weighted by atomic mass is 79.9. The monoisotopic (exact) mass is 363 g/mol. The maximum Gasteiger partial charge on any atom is 0.134 e. The molecule has 4 N–H and O–H groups in total. The van der Waals surface area contributed by atoms with Crippen LogP contribution in [0.5, 0.6) is 5.75 Å². The Hall–Kier alpha value is -0.100. The van der Waals surface area contributed by atoms with Gasteiger partial charge in [0.15, 0.2) is 0 Å². The first-order valence-electron chi connectivity index (χ1n) is 5.62. The molecule has 2 atom stereocenters. The van der Waals surface area contributed by atoms with Crippen LogP contribution < -0.4 is 5.73 Å². The van der Waals surface area contributed by atoms with E-state index in [0.717, 1.165) is 23.7 Å². The topological polar surface area (TPSA) is 66.5 Å². The Labute approximate surface area is 117 Å². The Bertz CT molecular complexity index is 421. The molecule has 1 aliphatic carbocycles. The number of phenols is 1. The molecule has 0 amide bonds. The number of benzene rings is 1. The zero-order valence-electron chi connectivity index (χ0n) is 9.24.